The van der Waals surface area contributed by atoms with E-state index in [4.69, 9.17) is 13.3 Å². The summed E-state index contributed by atoms with van der Waals surface area (Å²) in [6, 6.07) is 0.885. The number of hydrogen-bond acceptors (Lipinski definition) is 3. The minimum atomic E-state index is -2.22. The Morgan fingerprint density at radius 1 is 1.08 bits per heavy atom. The summed E-state index contributed by atoms with van der Waals surface area (Å²) in [5, 5.41) is 0. The Labute approximate surface area is 90.0 Å². The van der Waals surface area contributed by atoms with Crippen LogP contribution < -0.4 is 0 Å². The fourth-order valence-electron chi connectivity index (χ4n) is 0.862. The Morgan fingerprint density at radius 2 is 1.42 bits per heavy atom. The fraction of sp³-hybridized carbons (Fsp3) is 1.00. The second-order valence-corrected chi connectivity index (χ2v) is 5.14. The van der Waals surface area contributed by atoms with Crippen molar-refractivity contribution in [2.75, 3.05) is 21.3 Å². The SMILES string of the molecule is CCC[Si](OC)(OC)OC.[Se]=[SeH2]. The Hall–Kier alpha value is 1.14. The topological polar surface area (TPSA) is 27.7 Å². The van der Waals surface area contributed by atoms with Gasteiger partial charge in [-0.2, -0.15) is 0 Å². The maximum atomic E-state index is 5.17. The quantitative estimate of drug-likeness (QED) is 0.665. The molecule has 0 atom stereocenters. The van der Waals surface area contributed by atoms with Gasteiger partial charge in [-0.25, -0.2) is 0 Å². The molecule has 0 unspecified atom stereocenters. The van der Waals surface area contributed by atoms with Crippen LogP contribution in [0.5, 0.6) is 0 Å². The zero-order chi connectivity index (χ0) is 10.0. The van der Waals surface area contributed by atoms with Gasteiger partial charge in [-0.3, -0.25) is 0 Å². The third-order valence-corrected chi connectivity index (χ3v) is 4.47. The van der Waals surface area contributed by atoms with E-state index in [-0.39, 0.29) is 0 Å². The average Bonchev–Trinajstić information content (AvgIpc) is 2.18. The molecule has 0 spiro atoms. The van der Waals surface area contributed by atoms with E-state index >= 15 is 0 Å². The zero-order valence-electron chi connectivity index (χ0n) is 8.05. The molecular formula is C6H18O3Se2Si. The van der Waals surface area contributed by atoms with Gasteiger partial charge in [0.15, 0.2) is 0 Å². The molecule has 0 saturated carbocycles. The zero-order valence-corrected chi connectivity index (χ0v) is 12.9. The van der Waals surface area contributed by atoms with Crippen LogP contribution in [0.1, 0.15) is 13.3 Å². The van der Waals surface area contributed by atoms with Gasteiger partial charge < -0.3 is 13.3 Å². The van der Waals surface area contributed by atoms with Gasteiger partial charge in [-0.1, -0.05) is 13.3 Å². The molecule has 0 heterocycles. The molecule has 3 nitrogen and oxygen atoms in total. The molecule has 0 aromatic heterocycles. The van der Waals surface area contributed by atoms with Crippen molar-refractivity contribution in [3.05, 3.63) is 0 Å². The van der Waals surface area contributed by atoms with Gasteiger partial charge in [0.05, 0.1) is 0 Å². The standard InChI is InChI=1S/C6H16O3Si.H2Se2/c1-5-6-10(7-2,8-3)9-4;1-2/h5-6H2,1-4H3;1H2. The van der Waals surface area contributed by atoms with Crippen molar-refractivity contribution in [3.63, 3.8) is 0 Å². The van der Waals surface area contributed by atoms with Crippen LogP contribution in [0.2, 0.25) is 6.04 Å². The average molecular weight is 324 g/mol. The molecule has 0 fully saturated rings. The monoisotopic (exact) mass is 326 g/mol. The molecule has 0 amide bonds. The summed E-state index contributed by atoms with van der Waals surface area (Å²) in [6.07, 6.45) is 1.03. The summed E-state index contributed by atoms with van der Waals surface area (Å²) < 4.78 is 15.5. The summed E-state index contributed by atoms with van der Waals surface area (Å²) in [5.41, 5.74) is 0. The molecule has 0 N–H and O–H groups in total. The van der Waals surface area contributed by atoms with Crippen molar-refractivity contribution in [2.24, 2.45) is 0 Å². The third kappa shape index (κ3) is 5.73. The summed E-state index contributed by atoms with van der Waals surface area (Å²) in [5.74, 6) is 0. The first kappa shape index (κ1) is 15.6. The normalized spacial score (nSPS) is 10.4. The van der Waals surface area contributed by atoms with Gasteiger partial charge >= 0.3 is 36.1 Å². The Bertz CT molecular complexity index is 92.5. The molecule has 6 heteroatoms. The van der Waals surface area contributed by atoms with E-state index in [0.29, 0.717) is 0 Å². The Morgan fingerprint density at radius 3 is 1.50 bits per heavy atom. The predicted molar refractivity (Wildman–Crippen MR) is 56.2 cm³/mol. The molecule has 76 valence electrons. The predicted octanol–water partition coefficient (Wildman–Crippen LogP) is -0.0225. The van der Waals surface area contributed by atoms with Crippen molar-refractivity contribution in [1.29, 1.82) is 0 Å². The second-order valence-electron chi connectivity index (χ2n) is 2.05. The summed E-state index contributed by atoms with van der Waals surface area (Å²) >= 11 is 4.50. The molecular weight excluding hydrogens is 306 g/mol. The Balaban J connectivity index is 0. The molecule has 0 saturated heterocycles. The molecule has 0 aromatic rings. The van der Waals surface area contributed by atoms with Crippen molar-refractivity contribution < 1.29 is 13.3 Å². The van der Waals surface area contributed by atoms with Gasteiger partial charge in [0.2, 0.25) is 0 Å². The minimum absolute atomic E-state index is 0.885. The van der Waals surface area contributed by atoms with E-state index in [9.17, 15) is 0 Å². The van der Waals surface area contributed by atoms with Crippen LogP contribution in [0.25, 0.3) is 0 Å². The number of hydrogen-bond donors (Lipinski definition) is 0. The summed E-state index contributed by atoms with van der Waals surface area (Å²) in [4.78, 5) is 0. The van der Waals surface area contributed by atoms with Gasteiger partial charge in [-0.15, -0.1) is 0 Å². The molecule has 12 heavy (non-hydrogen) atoms. The van der Waals surface area contributed by atoms with Crippen LogP contribution >= 0.6 is 0 Å². The van der Waals surface area contributed by atoms with Crippen molar-refractivity contribution >= 4 is 36.1 Å². The Kier molecular flexibility index (Phi) is 13.3. The molecule has 0 aliphatic carbocycles. The van der Waals surface area contributed by atoms with Crippen LogP contribution in [0, 0.1) is 0 Å². The van der Waals surface area contributed by atoms with Gasteiger partial charge in [-0.05, 0) is 0 Å². The molecule has 0 aromatic carbocycles. The van der Waals surface area contributed by atoms with E-state index in [1.54, 1.807) is 21.3 Å². The maximum absolute atomic E-state index is 5.17. The van der Waals surface area contributed by atoms with Crippen molar-refractivity contribution in [3.8, 4) is 0 Å². The van der Waals surface area contributed by atoms with Crippen LogP contribution in [0.4, 0.5) is 0 Å². The van der Waals surface area contributed by atoms with Crippen LogP contribution in [0.3, 0.4) is 0 Å². The van der Waals surface area contributed by atoms with Crippen LogP contribution in [0.15, 0.2) is 0 Å². The molecule has 0 radical (unpaired) electrons. The molecule has 0 bridgehead atoms. The fourth-order valence-corrected chi connectivity index (χ4v) is 2.59. The summed E-state index contributed by atoms with van der Waals surface area (Å²) in [6.45, 7) is 2.08. The van der Waals surface area contributed by atoms with Gasteiger partial charge in [0.1, 0.15) is 0 Å². The second kappa shape index (κ2) is 10.2. The van der Waals surface area contributed by atoms with E-state index < -0.39 is 8.80 Å². The van der Waals surface area contributed by atoms with Gasteiger partial charge in [0.25, 0.3) is 0 Å². The van der Waals surface area contributed by atoms with Gasteiger partial charge in [0, 0.05) is 27.4 Å². The summed E-state index contributed by atoms with van der Waals surface area (Å²) in [7, 11) is 2.68. The molecule has 0 aliphatic heterocycles. The molecule has 0 aliphatic rings. The first-order valence-corrected chi connectivity index (χ1v) is 10.8. The van der Waals surface area contributed by atoms with E-state index in [0.717, 1.165) is 12.5 Å². The van der Waals surface area contributed by atoms with E-state index in [1.807, 2.05) is 13.7 Å². The first-order chi connectivity index (χ1) is 5.74. The van der Waals surface area contributed by atoms with Crippen LogP contribution in [-0.2, 0) is 13.3 Å². The van der Waals surface area contributed by atoms with E-state index in [2.05, 4.69) is 20.6 Å². The third-order valence-electron chi connectivity index (χ3n) is 1.49. The molecule has 0 rings (SSSR count). The van der Waals surface area contributed by atoms with Crippen LogP contribution in [-0.4, -0.2) is 57.4 Å². The first-order valence-electron chi connectivity index (χ1n) is 3.60. The van der Waals surface area contributed by atoms with Crippen molar-refractivity contribution in [2.45, 2.75) is 19.4 Å². The number of rotatable bonds is 5. The van der Waals surface area contributed by atoms with E-state index in [1.165, 1.54) is 0 Å². The van der Waals surface area contributed by atoms with Crippen molar-refractivity contribution in [1.82, 2.24) is 0 Å².